The zero-order chi connectivity index (χ0) is 19.7. The molecular formula is C21H22FN5O. The molecule has 0 bridgehead atoms. The van der Waals surface area contributed by atoms with Crippen LogP contribution in [0.2, 0.25) is 0 Å². The number of amides is 1. The van der Waals surface area contributed by atoms with Gasteiger partial charge in [0, 0.05) is 24.8 Å². The molecule has 0 aliphatic carbocycles. The van der Waals surface area contributed by atoms with Gasteiger partial charge in [-0.3, -0.25) is 9.20 Å². The highest BCUT2D eigenvalue weighted by Crippen LogP contribution is 2.24. The number of pyridine rings is 1. The van der Waals surface area contributed by atoms with Crippen LogP contribution in [0.25, 0.3) is 5.65 Å². The Labute approximate surface area is 162 Å². The molecule has 3 heterocycles. The lowest BCUT2D eigenvalue weighted by atomic mass is 10.1. The van der Waals surface area contributed by atoms with E-state index in [-0.39, 0.29) is 11.7 Å². The fourth-order valence-electron chi connectivity index (χ4n) is 3.59. The van der Waals surface area contributed by atoms with Crippen LogP contribution in [0.5, 0.6) is 0 Å². The van der Waals surface area contributed by atoms with Gasteiger partial charge in [0.05, 0.1) is 17.1 Å². The molecule has 144 valence electrons. The van der Waals surface area contributed by atoms with E-state index < -0.39 is 0 Å². The van der Waals surface area contributed by atoms with Crippen LogP contribution in [0.15, 0.2) is 47.7 Å². The summed E-state index contributed by atoms with van der Waals surface area (Å²) >= 11 is 0. The number of hydrazone groups is 1. The number of imidazole rings is 1. The van der Waals surface area contributed by atoms with E-state index in [1.807, 2.05) is 24.3 Å². The van der Waals surface area contributed by atoms with Gasteiger partial charge < -0.3 is 4.90 Å². The predicted octanol–water partition coefficient (Wildman–Crippen LogP) is 3.54. The second-order valence-corrected chi connectivity index (χ2v) is 6.97. The maximum Gasteiger partial charge on any atom is 0.290 e. The van der Waals surface area contributed by atoms with Crippen molar-refractivity contribution < 1.29 is 9.18 Å². The van der Waals surface area contributed by atoms with E-state index in [1.54, 1.807) is 30.5 Å². The summed E-state index contributed by atoms with van der Waals surface area (Å²) in [6.45, 7) is 5.30. The first-order valence-electron chi connectivity index (χ1n) is 9.38. The van der Waals surface area contributed by atoms with Crippen LogP contribution >= 0.6 is 0 Å². The highest BCUT2D eigenvalue weighted by Gasteiger charge is 2.18. The average molecular weight is 379 g/mol. The van der Waals surface area contributed by atoms with Crippen molar-refractivity contribution in [1.82, 2.24) is 14.8 Å². The van der Waals surface area contributed by atoms with E-state index >= 15 is 0 Å². The van der Waals surface area contributed by atoms with E-state index in [0.717, 1.165) is 25.9 Å². The maximum atomic E-state index is 14.5. The van der Waals surface area contributed by atoms with Gasteiger partial charge in [0.15, 0.2) is 0 Å². The summed E-state index contributed by atoms with van der Waals surface area (Å²) < 4.78 is 16.2. The highest BCUT2D eigenvalue weighted by atomic mass is 19.1. The zero-order valence-corrected chi connectivity index (χ0v) is 15.9. The number of hydrogen-bond donors (Lipinski definition) is 1. The third-order valence-corrected chi connectivity index (χ3v) is 5.06. The molecule has 1 fully saturated rings. The van der Waals surface area contributed by atoms with Gasteiger partial charge in [0.2, 0.25) is 0 Å². The molecule has 0 radical (unpaired) electrons. The van der Waals surface area contributed by atoms with Crippen LogP contribution in [0.3, 0.4) is 0 Å². The van der Waals surface area contributed by atoms with Gasteiger partial charge in [-0.15, -0.1) is 0 Å². The molecule has 28 heavy (non-hydrogen) atoms. The minimum Gasteiger partial charge on any atom is -0.369 e. The quantitative estimate of drug-likeness (QED) is 0.557. The van der Waals surface area contributed by atoms with Gasteiger partial charge in [-0.2, -0.15) is 5.10 Å². The largest absolute Gasteiger partial charge is 0.369 e. The molecule has 6 nitrogen and oxygen atoms in total. The van der Waals surface area contributed by atoms with Gasteiger partial charge in [-0.1, -0.05) is 12.1 Å². The van der Waals surface area contributed by atoms with Crippen molar-refractivity contribution in [3.05, 3.63) is 65.4 Å². The van der Waals surface area contributed by atoms with Crippen molar-refractivity contribution >= 4 is 23.0 Å². The molecular weight excluding hydrogens is 357 g/mol. The van der Waals surface area contributed by atoms with Crippen molar-refractivity contribution in [2.24, 2.45) is 5.10 Å². The molecule has 1 amide bonds. The summed E-state index contributed by atoms with van der Waals surface area (Å²) in [5.41, 5.74) is 6.11. The predicted molar refractivity (Wildman–Crippen MR) is 107 cm³/mol. The number of rotatable bonds is 4. The Morgan fingerprint density at radius 1 is 1.21 bits per heavy atom. The van der Waals surface area contributed by atoms with Crippen LogP contribution < -0.4 is 10.3 Å². The Hall–Kier alpha value is -3.22. The summed E-state index contributed by atoms with van der Waals surface area (Å²) in [5.74, 6) is -0.623. The summed E-state index contributed by atoms with van der Waals surface area (Å²) in [7, 11) is 0. The first-order chi connectivity index (χ1) is 13.5. The lowest BCUT2D eigenvalue weighted by Gasteiger charge is -2.18. The molecule has 0 spiro atoms. The molecule has 1 aliphatic rings. The van der Waals surface area contributed by atoms with Gasteiger partial charge in [0.1, 0.15) is 17.2 Å². The zero-order valence-electron chi connectivity index (χ0n) is 15.9. The molecule has 7 heteroatoms. The van der Waals surface area contributed by atoms with Crippen molar-refractivity contribution in [2.75, 3.05) is 18.0 Å². The van der Waals surface area contributed by atoms with Crippen LogP contribution in [0, 0.1) is 12.7 Å². The molecule has 1 aliphatic heterocycles. The molecule has 0 atom stereocenters. The summed E-state index contributed by atoms with van der Waals surface area (Å²) in [6, 6.07) is 10.6. The number of halogens is 1. The molecule has 2 aromatic heterocycles. The standard InChI is InChI=1S/C21H22FN5O/c1-14(16-8-9-18(17(22)13-16)26-10-5-6-11-26)24-25-21(28)20-15(2)23-19-7-3-4-12-27(19)20/h3-4,7-9,12-13H,5-6,10-11H2,1-2H3,(H,25,28)/b24-14-. The number of carbonyl (C=O) groups is 1. The van der Waals surface area contributed by atoms with Gasteiger partial charge in [0.25, 0.3) is 5.91 Å². The molecule has 3 aromatic rings. The Kier molecular flexibility index (Phi) is 4.81. The topological polar surface area (TPSA) is 62.0 Å². The van der Waals surface area contributed by atoms with Crippen LogP contribution in [-0.4, -0.2) is 34.1 Å². The minimum atomic E-state index is -0.357. The van der Waals surface area contributed by atoms with E-state index in [0.29, 0.717) is 34.0 Å². The second kappa shape index (κ2) is 7.42. The first kappa shape index (κ1) is 18.2. The van der Waals surface area contributed by atoms with Crippen LogP contribution in [0.4, 0.5) is 10.1 Å². The molecule has 1 N–H and O–H groups in total. The Morgan fingerprint density at radius 3 is 2.75 bits per heavy atom. The summed E-state index contributed by atoms with van der Waals surface area (Å²) in [6.07, 6.45) is 3.97. The SMILES string of the molecule is C/C(=N/NC(=O)c1c(C)nc2ccccn12)c1ccc(N2CCCC2)c(F)c1. The Balaban J connectivity index is 1.53. The van der Waals surface area contributed by atoms with E-state index in [9.17, 15) is 9.18 Å². The number of aryl methyl sites for hydroxylation is 1. The van der Waals surface area contributed by atoms with Gasteiger partial charge >= 0.3 is 0 Å². The minimum absolute atomic E-state index is 0.266. The van der Waals surface area contributed by atoms with Crippen molar-refractivity contribution in [3.63, 3.8) is 0 Å². The van der Waals surface area contributed by atoms with Crippen molar-refractivity contribution in [2.45, 2.75) is 26.7 Å². The fraction of sp³-hybridized carbons (Fsp3) is 0.286. The monoisotopic (exact) mass is 379 g/mol. The number of hydrogen-bond acceptors (Lipinski definition) is 4. The van der Waals surface area contributed by atoms with Crippen molar-refractivity contribution in [3.8, 4) is 0 Å². The summed E-state index contributed by atoms with van der Waals surface area (Å²) in [4.78, 5) is 19.0. The normalized spacial score (nSPS) is 14.7. The number of nitrogens with one attached hydrogen (secondary N) is 1. The molecule has 0 unspecified atom stereocenters. The van der Waals surface area contributed by atoms with E-state index in [2.05, 4.69) is 20.4 Å². The molecule has 0 saturated carbocycles. The maximum absolute atomic E-state index is 14.5. The third kappa shape index (κ3) is 3.35. The third-order valence-electron chi connectivity index (χ3n) is 5.06. The summed E-state index contributed by atoms with van der Waals surface area (Å²) in [5, 5.41) is 4.16. The van der Waals surface area contributed by atoms with Gasteiger partial charge in [-0.05, 0) is 51.0 Å². The number of carbonyl (C=O) groups excluding carboxylic acids is 1. The molecule has 1 aromatic carbocycles. The second-order valence-electron chi connectivity index (χ2n) is 6.97. The van der Waals surface area contributed by atoms with Crippen LogP contribution in [0.1, 0.15) is 41.5 Å². The Bertz CT molecular complexity index is 1070. The molecule has 4 rings (SSSR count). The average Bonchev–Trinajstić information content (AvgIpc) is 3.32. The lowest BCUT2D eigenvalue weighted by Crippen LogP contribution is -2.22. The van der Waals surface area contributed by atoms with Gasteiger partial charge in [-0.25, -0.2) is 14.8 Å². The fourth-order valence-corrected chi connectivity index (χ4v) is 3.59. The number of anilines is 1. The highest BCUT2D eigenvalue weighted by molar-refractivity contribution is 6.01. The first-order valence-corrected chi connectivity index (χ1v) is 9.38. The Morgan fingerprint density at radius 2 is 2.00 bits per heavy atom. The van der Waals surface area contributed by atoms with E-state index in [4.69, 9.17) is 0 Å². The lowest BCUT2D eigenvalue weighted by molar-refractivity contribution is 0.0948. The number of fused-ring (bicyclic) bond motifs is 1. The number of benzene rings is 1. The number of aromatic nitrogens is 2. The van der Waals surface area contributed by atoms with E-state index in [1.165, 1.54) is 6.07 Å². The van der Waals surface area contributed by atoms with Crippen LogP contribution in [-0.2, 0) is 0 Å². The van der Waals surface area contributed by atoms with Crippen molar-refractivity contribution in [1.29, 1.82) is 0 Å². The number of nitrogens with zero attached hydrogens (tertiary/aromatic N) is 4. The smallest absolute Gasteiger partial charge is 0.290 e. The molecule has 1 saturated heterocycles.